The first-order valence-electron chi connectivity index (χ1n) is 5.08. The molecule has 0 fully saturated rings. The molecule has 0 aliphatic heterocycles. The van der Waals surface area contributed by atoms with Gasteiger partial charge in [-0.25, -0.2) is 0 Å². The van der Waals surface area contributed by atoms with Crippen LogP contribution in [0.25, 0.3) is 0 Å². The second kappa shape index (κ2) is 7.65. The van der Waals surface area contributed by atoms with Crippen LogP contribution in [0.4, 0.5) is 0 Å². The van der Waals surface area contributed by atoms with E-state index in [2.05, 4.69) is 33.0 Å². The maximum atomic E-state index is 9.53. The lowest BCUT2D eigenvalue weighted by Crippen LogP contribution is -2.29. The van der Waals surface area contributed by atoms with Crippen LogP contribution in [0, 0.1) is 5.92 Å². The lowest BCUT2D eigenvalue weighted by Gasteiger charge is -2.17. The van der Waals surface area contributed by atoms with Gasteiger partial charge in [-0.3, -0.25) is 0 Å². The van der Waals surface area contributed by atoms with Crippen LogP contribution in [0.5, 0.6) is 0 Å². The normalized spacial score (nSPS) is 16.2. The van der Waals surface area contributed by atoms with Crippen molar-refractivity contribution < 1.29 is 5.11 Å². The molecule has 0 bridgehead atoms. The van der Waals surface area contributed by atoms with Crippen LogP contribution in [0.2, 0.25) is 0 Å². The quantitative estimate of drug-likeness (QED) is 0.664. The van der Waals surface area contributed by atoms with Gasteiger partial charge in [-0.2, -0.15) is 11.8 Å². The Bertz CT molecular complexity index is 119. The van der Waals surface area contributed by atoms with Crippen LogP contribution in [0.15, 0.2) is 0 Å². The third-order valence-electron chi connectivity index (χ3n) is 2.12. The maximum absolute atomic E-state index is 9.53. The summed E-state index contributed by atoms with van der Waals surface area (Å²) in [6.07, 6.45) is -0.203. The van der Waals surface area contributed by atoms with Crippen molar-refractivity contribution in [3.8, 4) is 0 Å². The SMILES string of the molecule is CCNCC(O)CSC(C)C(C)C. The van der Waals surface area contributed by atoms with Crippen LogP contribution in [0.1, 0.15) is 27.7 Å². The molecule has 3 heteroatoms. The predicted octanol–water partition coefficient (Wildman–Crippen LogP) is 1.73. The minimum atomic E-state index is -0.203. The summed E-state index contributed by atoms with van der Waals surface area (Å²) >= 11 is 1.85. The van der Waals surface area contributed by atoms with Crippen molar-refractivity contribution in [3.63, 3.8) is 0 Å². The minimum Gasteiger partial charge on any atom is -0.391 e. The number of likely N-dealkylation sites (N-methyl/N-ethyl adjacent to an activating group) is 1. The van der Waals surface area contributed by atoms with Crippen molar-refractivity contribution in [1.82, 2.24) is 5.32 Å². The lowest BCUT2D eigenvalue weighted by atomic mass is 10.2. The predicted molar refractivity (Wildman–Crippen MR) is 61.3 cm³/mol. The van der Waals surface area contributed by atoms with Gasteiger partial charge in [0.15, 0.2) is 0 Å². The first kappa shape index (κ1) is 13.3. The fourth-order valence-electron chi connectivity index (χ4n) is 0.825. The van der Waals surface area contributed by atoms with Gasteiger partial charge in [0, 0.05) is 17.5 Å². The van der Waals surface area contributed by atoms with Gasteiger partial charge in [0.05, 0.1) is 6.10 Å². The second-order valence-electron chi connectivity index (χ2n) is 3.74. The van der Waals surface area contributed by atoms with Gasteiger partial charge in [-0.05, 0) is 12.5 Å². The summed E-state index contributed by atoms with van der Waals surface area (Å²) < 4.78 is 0. The van der Waals surface area contributed by atoms with E-state index in [1.54, 1.807) is 0 Å². The van der Waals surface area contributed by atoms with Gasteiger partial charge in [-0.15, -0.1) is 0 Å². The van der Waals surface area contributed by atoms with Crippen molar-refractivity contribution in [3.05, 3.63) is 0 Å². The van der Waals surface area contributed by atoms with E-state index in [1.165, 1.54) is 0 Å². The average molecular weight is 205 g/mol. The molecule has 13 heavy (non-hydrogen) atoms. The van der Waals surface area contributed by atoms with Gasteiger partial charge in [0.25, 0.3) is 0 Å². The summed E-state index contributed by atoms with van der Waals surface area (Å²) in [6, 6.07) is 0. The van der Waals surface area contributed by atoms with Crippen LogP contribution >= 0.6 is 11.8 Å². The Balaban J connectivity index is 3.40. The molecule has 0 radical (unpaired) electrons. The smallest absolute Gasteiger partial charge is 0.0754 e. The molecule has 0 saturated carbocycles. The molecule has 80 valence electrons. The van der Waals surface area contributed by atoms with Crippen molar-refractivity contribution in [2.45, 2.75) is 39.0 Å². The Kier molecular flexibility index (Phi) is 7.81. The van der Waals surface area contributed by atoms with Crippen LogP contribution in [0.3, 0.4) is 0 Å². The van der Waals surface area contributed by atoms with Gasteiger partial charge in [0.2, 0.25) is 0 Å². The number of hydrogen-bond donors (Lipinski definition) is 2. The number of aliphatic hydroxyl groups is 1. The molecular weight excluding hydrogens is 182 g/mol. The van der Waals surface area contributed by atoms with Gasteiger partial charge in [0.1, 0.15) is 0 Å². The number of thioether (sulfide) groups is 1. The zero-order chi connectivity index (χ0) is 10.3. The highest BCUT2D eigenvalue weighted by molar-refractivity contribution is 7.99. The highest BCUT2D eigenvalue weighted by Gasteiger charge is 2.10. The number of rotatable bonds is 7. The summed E-state index contributed by atoms with van der Waals surface area (Å²) in [5.74, 6) is 1.53. The molecule has 0 spiro atoms. The highest BCUT2D eigenvalue weighted by Crippen LogP contribution is 2.19. The molecule has 0 aromatic carbocycles. The zero-order valence-electron chi connectivity index (χ0n) is 9.21. The van der Waals surface area contributed by atoms with Crippen LogP contribution in [-0.2, 0) is 0 Å². The van der Waals surface area contributed by atoms with Crippen LogP contribution in [-0.4, -0.2) is 35.3 Å². The fraction of sp³-hybridized carbons (Fsp3) is 1.00. The molecule has 0 saturated heterocycles. The zero-order valence-corrected chi connectivity index (χ0v) is 10.0. The Hall–Kier alpha value is 0.270. The molecule has 0 rings (SSSR count). The van der Waals surface area contributed by atoms with E-state index in [0.717, 1.165) is 12.3 Å². The van der Waals surface area contributed by atoms with Crippen LogP contribution < -0.4 is 5.32 Å². The topological polar surface area (TPSA) is 32.3 Å². The van der Waals surface area contributed by atoms with Crippen molar-refractivity contribution in [2.24, 2.45) is 5.92 Å². The Labute approximate surface area is 86.5 Å². The Morgan fingerprint density at radius 1 is 1.31 bits per heavy atom. The van der Waals surface area contributed by atoms with E-state index >= 15 is 0 Å². The molecule has 0 aliphatic rings. The third-order valence-corrected chi connectivity index (χ3v) is 3.77. The molecule has 0 aromatic rings. The summed E-state index contributed by atoms with van der Waals surface area (Å²) in [5, 5.41) is 13.3. The summed E-state index contributed by atoms with van der Waals surface area (Å²) in [5.41, 5.74) is 0. The van der Waals surface area contributed by atoms with E-state index < -0.39 is 0 Å². The second-order valence-corrected chi connectivity index (χ2v) is 5.15. The van der Waals surface area contributed by atoms with E-state index in [-0.39, 0.29) is 6.10 Å². The molecule has 2 unspecified atom stereocenters. The summed E-state index contributed by atoms with van der Waals surface area (Å²) in [7, 11) is 0. The lowest BCUT2D eigenvalue weighted by molar-refractivity contribution is 0.196. The van der Waals surface area contributed by atoms with Crippen molar-refractivity contribution >= 4 is 11.8 Å². The Morgan fingerprint density at radius 2 is 1.92 bits per heavy atom. The molecule has 2 N–H and O–H groups in total. The number of hydrogen-bond acceptors (Lipinski definition) is 3. The van der Waals surface area contributed by atoms with Gasteiger partial charge < -0.3 is 10.4 Å². The Morgan fingerprint density at radius 3 is 2.38 bits per heavy atom. The maximum Gasteiger partial charge on any atom is 0.0754 e. The average Bonchev–Trinajstić information content (AvgIpc) is 2.10. The number of nitrogens with one attached hydrogen (secondary N) is 1. The largest absolute Gasteiger partial charge is 0.391 e. The summed E-state index contributed by atoms with van der Waals surface area (Å²) in [6.45, 7) is 10.4. The first-order chi connectivity index (χ1) is 6.07. The van der Waals surface area contributed by atoms with Gasteiger partial charge in [-0.1, -0.05) is 27.7 Å². The number of aliphatic hydroxyl groups excluding tert-OH is 1. The monoisotopic (exact) mass is 205 g/mol. The molecule has 2 atom stereocenters. The molecule has 0 amide bonds. The van der Waals surface area contributed by atoms with E-state index in [1.807, 2.05) is 11.8 Å². The molecule has 2 nitrogen and oxygen atoms in total. The van der Waals surface area contributed by atoms with Crippen molar-refractivity contribution in [1.29, 1.82) is 0 Å². The molecular formula is C10H23NOS. The third kappa shape index (κ3) is 7.35. The first-order valence-corrected chi connectivity index (χ1v) is 6.13. The molecule has 0 heterocycles. The standard InChI is InChI=1S/C10H23NOS/c1-5-11-6-10(12)7-13-9(4)8(2)3/h8-12H,5-7H2,1-4H3. The van der Waals surface area contributed by atoms with E-state index in [9.17, 15) is 5.11 Å². The van der Waals surface area contributed by atoms with E-state index in [4.69, 9.17) is 0 Å². The van der Waals surface area contributed by atoms with Gasteiger partial charge >= 0.3 is 0 Å². The fourth-order valence-corrected chi connectivity index (χ4v) is 1.85. The highest BCUT2D eigenvalue weighted by atomic mass is 32.2. The molecule has 0 aromatic heterocycles. The molecule has 0 aliphatic carbocycles. The van der Waals surface area contributed by atoms with E-state index in [0.29, 0.717) is 17.7 Å². The van der Waals surface area contributed by atoms with Crippen molar-refractivity contribution in [2.75, 3.05) is 18.8 Å². The summed E-state index contributed by atoms with van der Waals surface area (Å²) in [4.78, 5) is 0. The minimum absolute atomic E-state index is 0.203.